The highest BCUT2D eigenvalue weighted by Gasteiger charge is 2.24. The van der Waals surface area contributed by atoms with Crippen LogP contribution in [0.2, 0.25) is 0 Å². The summed E-state index contributed by atoms with van der Waals surface area (Å²) >= 11 is 0. The zero-order valence-corrected chi connectivity index (χ0v) is 19.2. The molecule has 4 nitrogen and oxygen atoms in total. The molecule has 0 aliphatic heterocycles. The van der Waals surface area contributed by atoms with Crippen LogP contribution in [0.3, 0.4) is 0 Å². The van der Waals surface area contributed by atoms with Gasteiger partial charge in [0.1, 0.15) is 6.73 Å². The van der Waals surface area contributed by atoms with E-state index in [-0.39, 0.29) is 6.73 Å². The number of alkyl carbamates (subject to hydrolysis) is 1. The molecule has 0 aromatic heterocycles. The molecular weight excluding hydrogens is 396 g/mol. The lowest BCUT2D eigenvalue weighted by atomic mass is 9.92. The molecule has 166 valence electrons. The fraction of sp³-hybridized carbons (Fsp3) is 0.250. The molecule has 3 aromatic carbocycles. The first-order valence-electron chi connectivity index (χ1n) is 10.8. The van der Waals surface area contributed by atoms with Gasteiger partial charge < -0.3 is 10.1 Å². The molecule has 32 heavy (non-hydrogen) atoms. The predicted octanol–water partition coefficient (Wildman–Crippen LogP) is 6.34. The minimum atomic E-state index is -0.577. The summed E-state index contributed by atoms with van der Waals surface area (Å²) in [5, 5.41) is 3.00. The summed E-state index contributed by atoms with van der Waals surface area (Å²) in [4.78, 5) is 14.8. The van der Waals surface area contributed by atoms with Gasteiger partial charge in [0.15, 0.2) is 0 Å². The van der Waals surface area contributed by atoms with Crippen LogP contribution in [0.5, 0.6) is 0 Å². The van der Waals surface area contributed by atoms with Gasteiger partial charge in [0.05, 0.1) is 5.54 Å². The first-order valence-corrected chi connectivity index (χ1v) is 10.8. The minimum Gasteiger partial charge on any atom is -0.433 e. The third-order valence-corrected chi connectivity index (χ3v) is 5.37. The summed E-state index contributed by atoms with van der Waals surface area (Å²) in [5.41, 5.74) is 4.81. The summed E-state index contributed by atoms with van der Waals surface area (Å²) < 4.78 is 5.64. The lowest BCUT2D eigenvalue weighted by molar-refractivity contribution is 0.0550. The Morgan fingerprint density at radius 3 is 2.00 bits per heavy atom. The van der Waals surface area contributed by atoms with Crippen LogP contribution < -0.4 is 5.32 Å². The summed E-state index contributed by atoms with van der Waals surface area (Å²) in [6.07, 6.45) is -0.443. The van der Waals surface area contributed by atoms with E-state index in [4.69, 9.17) is 4.74 Å². The van der Waals surface area contributed by atoms with E-state index in [0.29, 0.717) is 13.1 Å². The third-order valence-electron chi connectivity index (χ3n) is 5.37. The normalized spacial score (nSPS) is 11.2. The average molecular weight is 429 g/mol. The number of ether oxygens (including phenoxy) is 1. The van der Waals surface area contributed by atoms with Crippen molar-refractivity contribution in [2.24, 2.45) is 0 Å². The van der Waals surface area contributed by atoms with Crippen molar-refractivity contribution in [1.29, 1.82) is 0 Å². The van der Waals surface area contributed by atoms with Crippen molar-refractivity contribution in [3.05, 3.63) is 114 Å². The molecule has 0 aliphatic carbocycles. The molecule has 0 unspecified atom stereocenters. The number of rotatable bonds is 9. The van der Waals surface area contributed by atoms with Crippen molar-refractivity contribution < 1.29 is 9.53 Å². The minimum absolute atomic E-state index is 0.192. The van der Waals surface area contributed by atoms with E-state index in [2.05, 4.69) is 47.1 Å². The van der Waals surface area contributed by atoms with Crippen molar-refractivity contribution in [3.63, 3.8) is 0 Å². The fourth-order valence-corrected chi connectivity index (χ4v) is 3.52. The van der Waals surface area contributed by atoms with Gasteiger partial charge in [-0.15, -0.1) is 0 Å². The van der Waals surface area contributed by atoms with E-state index in [1.165, 1.54) is 11.1 Å². The largest absolute Gasteiger partial charge is 0.433 e. The van der Waals surface area contributed by atoms with Crippen LogP contribution in [-0.2, 0) is 23.4 Å². The monoisotopic (exact) mass is 428 g/mol. The average Bonchev–Trinajstić information content (AvgIpc) is 2.79. The van der Waals surface area contributed by atoms with Gasteiger partial charge in [-0.25, -0.2) is 4.79 Å². The van der Waals surface area contributed by atoms with E-state index in [0.717, 1.165) is 16.7 Å². The molecule has 1 amide bonds. The highest BCUT2D eigenvalue weighted by Crippen LogP contribution is 2.23. The summed E-state index contributed by atoms with van der Waals surface area (Å²) in [7, 11) is 0. The van der Waals surface area contributed by atoms with Gasteiger partial charge in [-0.3, -0.25) is 4.90 Å². The zero-order valence-electron chi connectivity index (χ0n) is 19.2. The van der Waals surface area contributed by atoms with Crippen molar-refractivity contribution >= 4 is 11.7 Å². The number of nitrogens with zero attached hydrogens (tertiary/aromatic N) is 1. The van der Waals surface area contributed by atoms with Crippen molar-refractivity contribution in [1.82, 2.24) is 10.2 Å². The Morgan fingerprint density at radius 2 is 1.47 bits per heavy atom. The number of allylic oxidation sites excluding steroid dienone is 1. The number of benzene rings is 3. The standard InChI is InChI=1S/C28H32N2O2/c1-22(2)25-16-11-17-26(18-25)28(3,4)29-27(31)32-21-30(19-23-12-7-5-8-13-23)20-24-14-9-6-10-15-24/h5-18H,1,19-21H2,2-4H3,(H,29,31). The van der Waals surface area contributed by atoms with E-state index in [9.17, 15) is 4.79 Å². The van der Waals surface area contributed by atoms with Crippen LogP contribution in [0, 0.1) is 0 Å². The number of hydrogen-bond acceptors (Lipinski definition) is 3. The maximum Gasteiger partial charge on any atom is 0.409 e. The molecule has 0 fully saturated rings. The van der Waals surface area contributed by atoms with Crippen LogP contribution in [0.1, 0.15) is 43.0 Å². The number of hydrogen-bond donors (Lipinski definition) is 1. The molecule has 0 atom stereocenters. The maximum absolute atomic E-state index is 12.7. The maximum atomic E-state index is 12.7. The van der Waals surface area contributed by atoms with Gasteiger partial charge in [-0.1, -0.05) is 91.0 Å². The fourth-order valence-electron chi connectivity index (χ4n) is 3.52. The predicted molar refractivity (Wildman–Crippen MR) is 131 cm³/mol. The van der Waals surface area contributed by atoms with Crippen molar-refractivity contribution in [2.45, 2.75) is 39.4 Å². The highest BCUT2D eigenvalue weighted by molar-refractivity contribution is 5.69. The zero-order chi connectivity index (χ0) is 23.0. The van der Waals surface area contributed by atoms with Gasteiger partial charge in [-0.2, -0.15) is 0 Å². The van der Waals surface area contributed by atoms with Gasteiger partial charge in [0, 0.05) is 13.1 Å². The van der Waals surface area contributed by atoms with E-state index in [1.54, 1.807) is 0 Å². The summed E-state index contributed by atoms with van der Waals surface area (Å²) in [6.45, 7) is 11.5. The van der Waals surface area contributed by atoms with Crippen LogP contribution >= 0.6 is 0 Å². The molecular formula is C28H32N2O2. The van der Waals surface area contributed by atoms with Crippen molar-refractivity contribution in [2.75, 3.05) is 6.73 Å². The molecule has 3 rings (SSSR count). The van der Waals surface area contributed by atoms with Gasteiger partial charge in [-0.05, 0) is 49.1 Å². The lowest BCUT2D eigenvalue weighted by Gasteiger charge is -2.28. The highest BCUT2D eigenvalue weighted by atomic mass is 16.6. The number of amides is 1. The number of nitrogens with one attached hydrogen (secondary N) is 1. The van der Waals surface area contributed by atoms with Crippen LogP contribution in [-0.4, -0.2) is 17.7 Å². The van der Waals surface area contributed by atoms with E-state index < -0.39 is 11.6 Å². The molecule has 0 bridgehead atoms. The number of carbonyl (C=O) groups is 1. The molecule has 0 saturated carbocycles. The van der Waals surface area contributed by atoms with Crippen LogP contribution in [0.25, 0.3) is 5.57 Å². The second kappa shape index (κ2) is 10.8. The first-order chi connectivity index (χ1) is 15.3. The van der Waals surface area contributed by atoms with Gasteiger partial charge in [0.25, 0.3) is 0 Å². The first kappa shape index (κ1) is 23.3. The SMILES string of the molecule is C=C(C)c1cccc(C(C)(C)NC(=O)OCN(Cc2ccccc2)Cc2ccccc2)c1. The molecule has 0 radical (unpaired) electrons. The molecule has 0 aliphatic rings. The van der Waals surface area contributed by atoms with Gasteiger partial charge >= 0.3 is 6.09 Å². The molecule has 0 heterocycles. The Hall–Kier alpha value is -3.37. The lowest BCUT2D eigenvalue weighted by Crippen LogP contribution is -2.42. The van der Waals surface area contributed by atoms with Crippen molar-refractivity contribution in [3.8, 4) is 0 Å². The molecule has 1 N–H and O–H groups in total. The summed E-state index contributed by atoms with van der Waals surface area (Å²) in [6, 6.07) is 28.5. The second-order valence-corrected chi connectivity index (χ2v) is 8.63. The Kier molecular flexibility index (Phi) is 7.85. The van der Waals surface area contributed by atoms with Crippen LogP contribution in [0.15, 0.2) is 91.5 Å². The second-order valence-electron chi connectivity index (χ2n) is 8.63. The molecule has 0 saturated heterocycles. The quantitative estimate of drug-likeness (QED) is 0.404. The van der Waals surface area contributed by atoms with E-state index >= 15 is 0 Å². The Balaban J connectivity index is 1.64. The molecule has 4 heteroatoms. The smallest absolute Gasteiger partial charge is 0.409 e. The third kappa shape index (κ3) is 6.82. The Labute approximate surface area is 191 Å². The Bertz CT molecular complexity index is 988. The summed E-state index contributed by atoms with van der Waals surface area (Å²) in [5.74, 6) is 0. The van der Waals surface area contributed by atoms with E-state index in [1.807, 2.05) is 75.4 Å². The molecule has 3 aromatic rings. The Morgan fingerprint density at radius 1 is 0.906 bits per heavy atom. The topological polar surface area (TPSA) is 41.6 Å². The van der Waals surface area contributed by atoms with Gasteiger partial charge in [0.2, 0.25) is 0 Å². The number of carbonyl (C=O) groups excluding carboxylic acids is 1. The van der Waals surface area contributed by atoms with Crippen LogP contribution in [0.4, 0.5) is 4.79 Å². The molecule has 0 spiro atoms.